The number of allylic oxidation sites excluding steroid dienone is 2. The fraction of sp³-hybridized carbons (Fsp3) is 0.923. The van der Waals surface area contributed by atoms with Crippen LogP contribution >= 0.6 is 0 Å². The number of amides is 1. The van der Waals surface area contributed by atoms with Crippen molar-refractivity contribution >= 4 is 11.9 Å². The van der Waals surface area contributed by atoms with Crippen LogP contribution in [0.15, 0.2) is 12.2 Å². The molecule has 0 radical (unpaired) electrons. The number of aliphatic hydroxyl groups is 2. The second-order valence-electron chi connectivity index (χ2n) is 17.9. The van der Waals surface area contributed by atoms with Crippen LogP contribution in [0.3, 0.4) is 0 Å². The molecule has 0 aliphatic heterocycles. The minimum atomic E-state index is -0.693. The maximum Gasteiger partial charge on any atom is 0.305 e. The number of unbranched alkanes of at least 4 members (excludes halogenated alkanes) is 35. The van der Waals surface area contributed by atoms with E-state index < -0.39 is 12.1 Å². The number of hydrogen-bond acceptors (Lipinski definition) is 5. The molecule has 0 heterocycles. The van der Waals surface area contributed by atoms with Crippen LogP contribution in [0.2, 0.25) is 0 Å². The fourth-order valence-corrected chi connectivity index (χ4v) is 8.05. The predicted molar refractivity (Wildman–Crippen MR) is 250 cm³/mol. The molecule has 0 aliphatic carbocycles. The van der Waals surface area contributed by atoms with Crippen molar-refractivity contribution in [1.29, 1.82) is 0 Å². The normalized spacial score (nSPS) is 12.7. The van der Waals surface area contributed by atoms with Gasteiger partial charge in [-0.3, -0.25) is 9.59 Å². The van der Waals surface area contributed by atoms with Crippen molar-refractivity contribution in [3.8, 4) is 0 Å². The smallest absolute Gasteiger partial charge is 0.305 e. The van der Waals surface area contributed by atoms with Gasteiger partial charge in [0.05, 0.1) is 25.4 Å². The van der Waals surface area contributed by atoms with Crippen molar-refractivity contribution in [3.63, 3.8) is 0 Å². The van der Waals surface area contributed by atoms with E-state index in [1.54, 1.807) is 0 Å². The number of ether oxygens (including phenoxy) is 1. The molecular weight excluding hydrogens is 719 g/mol. The summed E-state index contributed by atoms with van der Waals surface area (Å²) in [7, 11) is 0. The number of hydrogen-bond donors (Lipinski definition) is 3. The number of esters is 1. The molecule has 0 spiro atoms. The van der Waals surface area contributed by atoms with Gasteiger partial charge in [-0.1, -0.05) is 238 Å². The average molecular weight is 820 g/mol. The molecule has 0 rings (SSSR count). The van der Waals surface area contributed by atoms with Gasteiger partial charge in [-0.25, -0.2) is 0 Å². The Bertz CT molecular complexity index is 863. The molecule has 1 amide bonds. The summed E-state index contributed by atoms with van der Waals surface area (Å²) in [5.74, 6) is -0.125. The summed E-state index contributed by atoms with van der Waals surface area (Å²) >= 11 is 0. The van der Waals surface area contributed by atoms with Gasteiger partial charge in [0.1, 0.15) is 0 Å². The molecule has 0 bridgehead atoms. The minimum Gasteiger partial charge on any atom is -0.466 e. The van der Waals surface area contributed by atoms with Crippen molar-refractivity contribution in [3.05, 3.63) is 12.2 Å². The molecule has 0 saturated carbocycles. The van der Waals surface area contributed by atoms with E-state index in [2.05, 4.69) is 31.3 Å². The van der Waals surface area contributed by atoms with Crippen LogP contribution < -0.4 is 5.32 Å². The van der Waals surface area contributed by atoms with Gasteiger partial charge in [0, 0.05) is 12.8 Å². The standard InChI is InChI=1S/C52H101NO5/c1-3-5-7-9-11-13-15-17-19-20-22-24-26-30-34-38-42-46-52(57)58-47-43-39-35-31-27-29-33-37-41-45-51(56)53-49(48-54)50(55)44-40-36-32-28-25-23-21-18-16-14-12-10-8-6-4-2/h29,33,49-50,54-55H,3-28,30-32,34-48H2,1-2H3,(H,53,56)/b33-29-. The Balaban J connectivity index is 3.51. The van der Waals surface area contributed by atoms with Crippen molar-refractivity contribution in [2.45, 2.75) is 296 Å². The molecule has 0 saturated heterocycles. The number of carbonyl (C=O) groups excluding carboxylic acids is 2. The van der Waals surface area contributed by atoms with Crippen molar-refractivity contribution in [2.24, 2.45) is 0 Å². The summed E-state index contributed by atoms with van der Waals surface area (Å²) in [4.78, 5) is 24.5. The molecule has 2 unspecified atom stereocenters. The minimum absolute atomic E-state index is 0.0314. The van der Waals surface area contributed by atoms with Crippen LogP contribution in [-0.4, -0.2) is 47.4 Å². The van der Waals surface area contributed by atoms with Crippen LogP contribution in [0.1, 0.15) is 284 Å². The quantitative estimate of drug-likeness (QED) is 0.0323. The number of aliphatic hydroxyl groups excluding tert-OH is 2. The summed E-state index contributed by atoms with van der Waals surface area (Å²) in [5.41, 5.74) is 0. The molecule has 0 aromatic carbocycles. The van der Waals surface area contributed by atoms with Gasteiger partial charge in [-0.15, -0.1) is 0 Å². The molecule has 0 aliphatic rings. The zero-order valence-electron chi connectivity index (χ0n) is 39.0. The van der Waals surface area contributed by atoms with Gasteiger partial charge in [0.25, 0.3) is 0 Å². The summed E-state index contributed by atoms with van der Waals surface area (Å²) in [6.07, 6.45) is 54.7. The van der Waals surface area contributed by atoms with E-state index in [-0.39, 0.29) is 18.5 Å². The zero-order chi connectivity index (χ0) is 42.3. The van der Waals surface area contributed by atoms with E-state index in [0.717, 1.165) is 70.6 Å². The Morgan fingerprint density at radius 3 is 1.26 bits per heavy atom. The first-order valence-electron chi connectivity index (χ1n) is 25.9. The Hall–Kier alpha value is -1.40. The third-order valence-corrected chi connectivity index (χ3v) is 12.1. The SMILES string of the molecule is CCCCCCCCCCCCCCCCCCCC(=O)OCCCCCC/C=C\CCCC(=O)NC(CO)C(O)CCCCCCCCCCCCCCCCC. The van der Waals surface area contributed by atoms with Crippen LogP contribution in [0.25, 0.3) is 0 Å². The molecule has 3 N–H and O–H groups in total. The highest BCUT2D eigenvalue weighted by atomic mass is 16.5. The number of rotatable bonds is 48. The molecule has 6 nitrogen and oxygen atoms in total. The van der Waals surface area contributed by atoms with Crippen molar-refractivity contribution < 1.29 is 24.5 Å². The molecular formula is C52H101NO5. The van der Waals surface area contributed by atoms with Crippen LogP contribution in [-0.2, 0) is 14.3 Å². The lowest BCUT2D eigenvalue weighted by atomic mass is 10.0. The summed E-state index contributed by atoms with van der Waals surface area (Å²) < 4.78 is 5.45. The lowest BCUT2D eigenvalue weighted by Crippen LogP contribution is -2.45. The van der Waals surface area contributed by atoms with Crippen LogP contribution in [0.5, 0.6) is 0 Å². The first-order valence-corrected chi connectivity index (χ1v) is 25.9. The van der Waals surface area contributed by atoms with Gasteiger partial charge < -0.3 is 20.3 Å². The van der Waals surface area contributed by atoms with Crippen molar-refractivity contribution in [2.75, 3.05) is 13.2 Å². The van der Waals surface area contributed by atoms with Gasteiger partial charge in [0.2, 0.25) is 5.91 Å². The van der Waals surface area contributed by atoms with E-state index in [1.807, 2.05) is 0 Å². The third-order valence-electron chi connectivity index (χ3n) is 12.1. The highest BCUT2D eigenvalue weighted by molar-refractivity contribution is 5.76. The highest BCUT2D eigenvalue weighted by Crippen LogP contribution is 2.17. The van der Waals surface area contributed by atoms with Gasteiger partial charge >= 0.3 is 5.97 Å². The Labute approximate surface area is 361 Å². The summed E-state index contributed by atoms with van der Waals surface area (Å²) in [6, 6.07) is -0.577. The van der Waals surface area contributed by atoms with Gasteiger partial charge in [0.15, 0.2) is 0 Å². The van der Waals surface area contributed by atoms with E-state index >= 15 is 0 Å². The van der Waals surface area contributed by atoms with Crippen LogP contribution in [0, 0.1) is 0 Å². The topological polar surface area (TPSA) is 95.9 Å². The lowest BCUT2D eigenvalue weighted by Gasteiger charge is -2.22. The molecule has 2 atom stereocenters. The molecule has 344 valence electrons. The van der Waals surface area contributed by atoms with E-state index in [9.17, 15) is 19.8 Å². The zero-order valence-corrected chi connectivity index (χ0v) is 39.0. The lowest BCUT2D eigenvalue weighted by molar-refractivity contribution is -0.143. The molecule has 6 heteroatoms. The maximum atomic E-state index is 12.4. The van der Waals surface area contributed by atoms with Gasteiger partial charge in [-0.2, -0.15) is 0 Å². The average Bonchev–Trinajstić information content (AvgIpc) is 3.22. The molecule has 0 aromatic rings. The molecule has 58 heavy (non-hydrogen) atoms. The Morgan fingerprint density at radius 1 is 0.466 bits per heavy atom. The monoisotopic (exact) mass is 820 g/mol. The molecule has 0 fully saturated rings. The number of carbonyl (C=O) groups is 2. The second kappa shape index (κ2) is 48.3. The molecule has 0 aromatic heterocycles. The summed E-state index contributed by atoms with van der Waals surface area (Å²) in [6.45, 7) is 4.88. The van der Waals surface area contributed by atoms with E-state index in [4.69, 9.17) is 4.74 Å². The first-order chi connectivity index (χ1) is 28.5. The van der Waals surface area contributed by atoms with E-state index in [0.29, 0.717) is 25.9 Å². The summed E-state index contributed by atoms with van der Waals surface area (Å²) in [5, 5.41) is 23.2. The fourth-order valence-electron chi connectivity index (χ4n) is 8.05. The number of nitrogens with one attached hydrogen (secondary N) is 1. The van der Waals surface area contributed by atoms with E-state index in [1.165, 1.54) is 180 Å². The second-order valence-corrected chi connectivity index (χ2v) is 17.9. The maximum absolute atomic E-state index is 12.4. The third kappa shape index (κ3) is 44.2. The van der Waals surface area contributed by atoms with Crippen LogP contribution in [0.4, 0.5) is 0 Å². The Morgan fingerprint density at radius 2 is 0.828 bits per heavy atom. The van der Waals surface area contributed by atoms with Gasteiger partial charge in [-0.05, 0) is 44.9 Å². The largest absolute Gasteiger partial charge is 0.466 e. The Kier molecular flexibility index (Phi) is 47.1. The predicted octanol–water partition coefficient (Wildman–Crippen LogP) is 15.3. The first kappa shape index (κ1) is 56.6. The highest BCUT2D eigenvalue weighted by Gasteiger charge is 2.20. The van der Waals surface area contributed by atoms with Crippen molar-refractivity contribution in [1.82, 2.24) is 5.32 Å².